The molecule has 2 N–H and O–H groups in total. The lowest BCUT2D eigenvalue weighted by Crippen LogP contribution is -2.63. The zero-order valence-corrected chi connectivity index (χ0v) is 21.9. The Kier molecular flexibility index (Phi) is 5.85. The summed E-state index contributed by atoms with van der Waals surface area (Å²) in [6.45, 7) is 8.93. The molecule has 0 unspecified atom stereocenters. The van der Waals surface area contributed by atoms with Gasteiger partial charge in [-0.3, -0.25) is 0 Å². The minimum Gasteiger partial charge on any atom is -0.393 e. The number of thiophene rings is 1. The van der Waals surface area contributed by atoms with Gasteiger partial charge in [0.1, 0.15) is 5.60 Å². The molecule has 0 amide bonds. The number of allylic oxidation sites excluding steroid dienone is 1. The van der Waals surface area contributed by atoms with Crippen molar-refractivity contribution in [1.82, 2.24) is 4.90 Å². The third-order valence-corrected chi connectivity index (χ3v) is 12.0. The van der Waals surface area contributed by atoms with Crippen LogP contribution in [-0.4, -0.2) is 53.1 Å². The Morgan fingerprint density at radius 3 is 2.68 bits per heavy atom. The molecule has 34 heavy (non-hydrogen) atoms. The van der Waals surface area contributed by atoms with E-state index in [4.69, 9.17) is 4.74 Å². The van der Waals surface area contributed by atoms with E-state index in [0.29, 0.717) is 5.92 Å². The summed E-state index contributed by atoms with van der Waals surface area (Å²) in [6, 6.07) is 2.26. The highest BCUT2D eigenvalue weighted by molar-refractivity contribution is 7.08. The zero-order chi connectivity index (χ0) is 23.6. The van der Waals surface area contributed by atoms with E-state index in [1.807, 2.05) is 0 Å². The number of likely N-dealkylation sites (tertiary alicyclic amines) is 1. The fraction of sp³-hybridized carbons (Fsp3) is 0.793. The molecule has 4 aliphatic carbocycles. The summed E-state index contributed by atoms with van der Waals surface area (Å²) in [5.41, 5.74) is 1.47. The van der Waals surface area contributed by atoms with Crippen LogP contribution in [0.1, 0.15) is 83.6 Å². The van der Waals surface area contributed by atoms with Crippen LogP contribution in [0.4, 0.5) is 0 Å². The van der Waals surface area contributed by atoms with Gasteiger partial charge in [-0.2, -0.15) is 11.3 Å². The van der Waals surface area contributed by atoms with Gasteiger partial charge in [0, 0.05) is 12.0 Å². The number of rotatable bonds is 5. The molecular formula is C29H43NO3S. The maximum Gasteiger partial charge on any atom is 0.102 e. The van der Waals surface area contributed by atoms with Crippen molar-refractivity contribution in [2.24, 2.45) is 22.7 Å². The molecule has 6 rings (SSSR count). The van der Waals surface area contributed by atoms with Crippen LogP contribution >= 0.6 is 11.3 Å². The Morgan fingerprint density at radius 1 is 1.09 bits per heavy atom. The third kappa shape index (κ3) is 3.23. The van der Waals surface area contributed by atoms with Crippen LogP contribution in [0.5, 0.6) is 0 Å². The summed E-state index contributed by atoms with van der Waals surface area (Å²) in [5.74, 6) is 0.777. The first kappa shape index (κ1) is 23.7. The Hall–Kier alpha value is -0.720. The molecule has 7 atom stereocenters. The van der Waals surface area contributed by atoms with Gasteiger partial charge in [0.05, 0.1) is 18.3 Å². The van der Waals surface area contributed by atoms with E-state index < -0.39 is 11.2 Å². The normalized spacial score (nSPS) is 46.6. The van der Waals surface area contributed by atoms with E-state index in [2.05, 4.69) is 41.6 Å². The molecule has 0 bridgehead atoms. The molecule has 1 saturated heterocycles. The van der Waals surface area contributed by atoms with E-state index in [1.165, 1.54) is 37.1 Å². The van der Waals surface area contributed by atoms with Crippen LogP contribution in [0.25, 0.3) is 0 Å². The lowest BCUT2D eigenvalue weighted by Gasteiger charge is -2.62. The Bertz CT molecular complexity index is 926. The molecular weight excluding hydrogens is 442 g/mol. The molecule has 2 heterocycles. The molecule has 0 aromatic carbocycles. The molecule has 1 aliphatic heterocycles. The molecule has 188 valence electrons. The lowest BCUT2D eigenvalue weighted by atomic mass is 9.45. The summed E-state index contributed by atoms with van der Waals surface area (Å²) >= 11 is 1.75. The van der Waals surface area contributed by atoms with E-state index in [0.717, 1.165) is 64.5 Å². The van der Waals surface area contributed by atoms with E-state index in [-0.39, 0.29) is 22.9 Å². The number of fused-ring (bicyclic) bond motifs is 5. The second-order valence-corrected chi connectivity index (χ2v) is 13.3. The summed E-state index contributed by atoms with van der Waals surface area (Å²) in [5, 5.41) is 27.5. The molecule has 1 aromatic rings. The van der Waals surface area contributed by atoms with E-state index in [1.54, 1.807) is 11.3 Å². The second kappa shape index (κ2) is 8.41. The average molecular weight is 486 g/mol. The highest BCUT2D eigenvalue weighted by atomic mass is 32.1. The van der Waals surface area contributed by atoms with Gasteiger partial charge >= 0.3 is 0 Å². The summed E-state index contributed by atoms with van der Waals surface area (Å²) in [7, 11) is 0. The van der Waals surface area contributed by atoms with Crippen molar-refractivity contribution in [2.75, 3.05) is 26.2 Å². The highest BCUT2D eigenvalue weighted by Gasteiger charge is 2.72. The van der Waals surface area contributed by atoms with Gasteiger partial charge in [-0.15, -0.1) is 0 Å². The number of aliphatic hydroxyl groups is 2. The molecule has 1 aromatic heterocycles. The summed E-state index contributed by atoms with van der Waals surface area (Å²) in [4.78, 5) is 2.54. The van der Waals surface area contributed by atoms with Gasteiger partial charge in [0.15, 0.2) is 0 Å². The largest absolute Gasteiger partial charge is 0.393 e. The van der Waals surface area contributed by atoms with Gasteiger partial charge < -0.3 is 19.8 Å². The average Bonchev–Trinajstić information content (AvgIpc) is 3.57. The molecule has 5 aliphatic rings. The minimum atomic E-state index is -0.716. The van der Waals surface area contributed by atoms with Crippen LogP contribution in [0.2, 0.25) is 0 Å². The minimum absolute atomic E-state index is 0.128. The highest BCUT2D eigenvalue weighted by Crippen LogP contribution is 2.71. The summed E-state index contributed by atoms with van der Waals surface area (Å²) in [6.07, 6.45) is 12.4. The van der Waals surface area contributed by atoms with Gasteiger partial charge in [0.2, 0.25) is 0 Å². The number of nitrogens with zero attached hydrogens (tertiary/aromatic N) is 1. The van der Waals surface area contributed by atoms with Gasteiger partial charge in [-0.05, 0) is 117 Å². The predicted molar refractivity (Wildman–Crippen MR) is 137 cm³/mol. The number of hydrogen-bond donors (Lipinski definition) is 2. The monoisotopic (exact) mass is 485 g/mol. The topological polar surface area (TPSA) is 52.9 Å². The van der Waals surface area contributed by atoms with Crippen LogP contribution in [0.15, 0.2) is 28.5 Å². The van der Waals surface area contributed by atoms with Crippen molar-refractivity contribution in [3.05, 3.63) is 34.0 Å². The molecule has 5 heteroatoms. The van der Waals surface area contributed by atoms with Gasteiger partial charge in [0.25, 0.3) is 0 Å². The maximum atomic E-state index is 12.7. The maximum absolute atomic E-state index is 12.7. The van der Waals surface area contributed by atoms with E-state index >= 15 is 0 Å². The summed E-state index contributed by atoms with van der Waals surface area (Å²) < 4.78 is 7.02. The number of hydrogen-bond acceptors (Lipinski definition) is 5. The standard InChI is InChI=1S/C29H43NO3S/c1-26-10-7-23(31)19-21(26)5-6-25-24(26)8-11-27(2)28(25,32)12-13-29(27,22-9-18-34-20-22)33-17-16-30-14-3-4-15-30/h5,9,18,20,23-25,31-32H,3-4,6-8,10-17,19H2,1-2H3/t23-,24-,25+,26-,27-,28-,29-/m0/s1. The first-order valence-electron chi connectivity index (χ1n) is 13.8. The predicted octanol–water partition coefficient (Wildman–Crippen LogP) is 5.49. The smallest absolute Gasteiger partial charge is 0.102 e. The van der Waals surface area contributed by atoms with Crippen molar-refractivity contribution >= 4 is 11.3 Å². The van der Waals surface area contributed by atoms with Crippen molar-refractivity contribution in [2.45, 2.75) is 95.4 Å². The van der Waals surface area contributed by atoms with Crippen molar-refractivity contribution in [1.29, 1.82) is 0 Å². The Labute approximate surface area is 209 Å². The van der Waals surface area contributed by atoms with Crippen LogP contribution < -0.4 is 0 Å². The fourth-order valence-electron chi connectivity index (χ4n) is 9.23. The first-order valence-corrected chi connectivity index (χ1v) is 14.8. The van der Waals surface area contributed by atoms with E-state index in [9.17, 15) is 10.2 Å². The SMILES string of the molecule is C[C@]12CC[C@H]3[C@@H](CC=C4C[C@@H](O)CC[C@@]43C)[C@@]1(O)CC[C@]2(OCCN1CCCC1)c1ccsc1. The molecule has 4 fully saturated rings. The number of ether oxygens (including phenoxy) is 1. The van der Waals surface area contributed by atoms with Crippen LogP contribution in [0, 0.1) is 22.7 Å². The Balaban J connectivity index is 1.33. The van der Waals surface area contributed by atoms with Crippen LogP contribution in [0.3, 0.4) is 0 Å². The fourth-order valence-corrected chi connectivity index (χ4v) is 9.95. The van der Waals surface area contributed by atoms with Gasteiger partial charge in [-0.1, -0.05) is 25.5 Å². The Morgan fingerprint density at radius 2 is 1.91 bits per heavy atom. The number of aliphatic hydroxyl groups excluding tert-OH is 1. The zero-order valence-electron chi connectivity index (χ0n) is 21.1. The molecule has 0 spiro atoms. The molecule has 4 nitrogen and oxygen atoms in total. The quantitative estimate of drug-likeness (QED) is 0.541. The van der Waals surface area contributed by atoms with Crippen molar-refractivity contribution in [3.8, 4) is 0 Å². The second-order valence-electron chi connectivity index (χ2n) is 12.5. The first-order chi connectivity index (χ1) is 16.3. The molecule has 0 radical (unpaired) electrons. The third-order valence-electron chi connectivity index (χ3n) is 11.3. The van der Waals surface area contributed by atoms with Crippen molar-refractivity contribution < 1.29 is 14.9 Å². The lowest BCUT2D eigenvalue weighted by molar-refractivity contribution is -0.232. The van der Waals surface area contributed by atoms with Gasteiger partial charge in [-0.25, -0.2) is 0 Å². The van der Waals surface area contributed by atoms with Crippen LogP contribution in [-0.2, 0) is 10.3 Å². The van der Waals surface area contributed by atoms with Crippen molar-refractivity contribution in [3.63, 3.8) is 0 Å². The molecule has 3 saturated carbocycles.